The molecule has 0 bridgehead atoms. The summed E-state index contributed by atoms with van der Waals surface area (Å²) in [5.74, 6) is 0.546. The molecule has 0 unspecified atom stereocenters. The van der Waals surface area contributed by atoms with Crippen molar-refractivity contribution >= 4 is 22.6 Å². The summed E-state index contributed by atoms with van der Waals surface area (Å²) >= 11 is 6.03. The van der Waals surface area contributed by atoms with Gasteiger partial charge in [0.1, 0.15) is 5.52 Å². The molecule has 0 fully saturated rings. The molecule has 0 aromatic carbocycles. The van der Waals surface area contributed by atoms with Gasteiger partial charge in [0.2, 0.25) is 5.88 Å². The van der Waals surface area contributed by atoms with Crippen LogP contribution in [0.2, 0.25) is 5.02 Å². The van der Waals surface area contributed by atoms with Crippen LogP contribution >= 0.6 is 11.6 Å². The third kappa shape index (κ3) is 1.51. The van der Waals surface area contributed by atoms with Crippen molar-refractivity contribution < 1.29 is 4.74 Å². The van der Waals surface area contributed by atoms with Crippen LogP contribution in [0.1, 0.15) is 5.69 Å². The van der Waals surface area contributed by atoms with Crippen molar-refractivity contribution in [3.05, 3.63) is 28.9 Å². The molecule has 2 rings (SSSR count). The van der Waals surface area contributed by atoms with Gasteiger partial charge in [0, 0.05) is 11.8 Å². The first-order valence-electron chi connectivity index (χ1n) is 4.18. The molecule has 0 aliphatic heterocycles. The van der Waals surface area contributed by atoms with Crippen LogP contribution in [-0.2, 0) is 0 Å². The van der Waals surface area contributed by atoms with E-state index in [1.54, 1.807) is 19.2 Å². The maximum Gasteiger partial charge on any atom is 0.213 e. The monoisotopic (exact) mass is 208 g/mol. The van der Waals surface area contributed by atoms with E-state index in [1.165, 1.54) is 0 Å². The third-order valence-electron chi connectivity index (χ3n) is 1.92. The molecule has 14 heavy (non-hydrogen) atoms. The molecule has 2 aromatic heterocycles. The second kappa shape index (κ2) is 3.42. The summed E-state index contributed by atoms with van der Waals surface area (Å²) in [6, 6.07) is 5.40. The summed E-state index contributed by atoms with van der Waals surface area (Å²) < 4.78 is 5.01. The lowest BCUT2D eigenvalue weighted by atomic mass is 10.3. The molecule has 0 saturated carbocycles. The van der Waals surface area contributed by atoms with Crippen molar-refractivity contribution in [1.82, 2.24) is 9.97 Å². The fraction of sp³-hybridized carbons (Fsp3) is 0.200. The minimum absolute atomic E-state index is 0.546. The Morgan fingerprint density at radius 3 is 2.79 bits per heavy atom. The largest absolute Gasteiger partial charge is 0.481 e. The van der Waals surface area contributed by atoms with Crippen LogP contribution in [-0.4, -0.2) is 17.1 Å². The summed E-state index contributed by atoms with van der Waals surface area (Å²) in [5.41, 5.74) is 2.35. The van der Waals surface area contributed by atoms with E-state index < -0.39 is 0 Å². The van der Waals surface area contributed by atoms with Gasteiger partial charge in [0.15, 0.2) is 0 Å². The maximum absolute atomic E-state index is 6.03. The molecule has 0 amide bonds. The summed E-state index contributed by atoms with van der Waals surface area (Å²) in [4.78, 5) is 8.53. The first kappa shape index (κ1) is 9.21. The van der Waals surface area contributed by atoms with Crippen LogP contribution < -0.4 is 4.74 Å². The Morgan fingerprint density at radius 2 is 2.07 bits per heavy atom. The molecule has 72 valence electrons. The van der Waals surface area contributed by atoms with E-state index in [1.807, 2.05) is 13.0 Å². The van der Waals surface area contributed by atoms with Gasteiger partial charge in [-0.3, -0.25) is 4.98 Å². The number of hydrogen-bond acceptors (Lipinski definition) is 3. The summed E-state index contributed by atoms with van der Waals surface area (Å²) in [6.45, 7) is 1.90. The number of aromatic nitrogens is 2. The Morgan fingerprint density at radius 1 is 1.29 bits per heavy atom. The van der Waals surface area contributed by atoms with Crippen molar-refractivity contribution in [3.8, 4) is 5.88 Å². The Bertz CT molecular complexity index is 485. The topological polar surface area (TPSA) is 35.0 Å². The molecule has 2 aromatic rings. The Hall–Kier alpha value is -1.35. The molecular formula is C10H9ClN2O. The highest BCUT2D eigenvalue weighted by molar-refractivity contribution is 6.34. The van der Waals surface area contributed by atoms with E-state index in [4.69, 9.17) is 16.3 Å². The van der Waals surface area contributed by atoms with Gasteiger partial charge in [-0.15, -0.1) is 0 Å². The highest BCUT2D eigenvalue weighted by atomic mass is 35.5. The predicted molar refractivity (Wildman–Crippen MR) is 55.8 cm³/mol. The Kier molecular flexibility index (Phi) is 2.25. The summed E-state index contributed by atoms with van der Waals surface area (Å²) in [5, 5.41) is 0.603. The Labute approximate surface area is 86.7 Å². The maximum atomic E-state index is 6.03. The van der Waals surface area contributed by atoms with E-state index in [0.29, 0.717) is 16.4 Å². The van der Waals surface area contributed by atoms with Crippen LogP contribution in [0, 0.1) is 6.92 Å². The third-order valence-corrected chi connectivity index (χ3v) is 2.20. The first-order chi connectivity index (χ1) is 6.70. The van der Waals surface area contributed by atoms with Crippen molar-refractivity contribution in [3.63, 3.8) is 0 Å². The second-order valence-electron chi connectivity index (χ2n) is 2.97. The zero-order valence-corrected chi connectivity index (χ0v) is 8.67. The zero-order valence-electron chi connectivity index (χ0n) is 7.91. The lowest BCUT2D eigenvalue weighted by Crippen LogP contribution is -1.91. The summed E-state index contributed by atoms with van der Waals surface area (Å²) in [6.07, 6.45) is 0. The van der Waals surface area contributed by atoms with Crippen molar-refractivity contribution in [2.24, 2.45) is 0 Å². The van der Waals surface area contributed by atoms with Gasteiger partial charge in [-0.2, -0.15) is 0 Å². The van der Waals surface area contributed by atoms with Gasteiger partial charge in [-0.1, -0.05) is 11.6 Å². The average molecular weight is 209 g/mol. The molecule has 0 aliphatic carbocycles. The molecule has 0 saturated heterocycles. The molecule has 3 nitrogen and oxygen atoms in total. The van der Waals surface area contributed by atoms with E-state index in [9.17, 15) is 0 Å². The van der Waals surface area contributed by atoms with Crippen LogP contribution in [0.25, 0.3) is 11.0 Å². The van der Waals surface area contributed by atoms with Crippen LogP contribution in [0.4, 0.5) is 0 Å². The quantitative estimate of drug-likeness (QED) is 0.723. The lowest BCUT2D eigenvalue weighted by molar-refractivity contribution is 0.399. The minimum atomic E-state index is 0.546. The highest BCUT2D eigenvalue weighted by Crippen LogP contribution is 2.23. The van der Waals surface area contributed by atoms with Crippen LogP contribution in [0.15, 0.2) is 18.2 Å². The van der Waals surface area contributed by atoms with Gasteiger partial charge >= 0.3 is 0 Å². The standard InChI is InChI=1S/C10H9ClN2O/c1-6-5-7(11)10-8(12-6)3-4-9(13-10)14-2/h3-5H,1-2H3. The van der Waals surface area contributed by atoms with Crippen LogP contribution in [0.3, 0.4) is 0 Å². The molecule has 0 aliphatic rings. The smallest absolute Gasteiger partial charge is 0.213 e. The number of methoxy groups -OCH3 is 1. The van der Waals surface area contributed by atoms with E-state index in [-0.39, 0.29) is 0 Å². The highest BCUT2D eigenvalue weighted by Gasteiger charge is 2.04. The molecule has 0 radical (unpaired) electrons. The lowest BCUT2D eigenvalue weighted by Gasteiger charge is -2.03. The van der Waals surface area contributed by atoms with Crippen molar-refractivity contribution in [2.45, 2.75) is 6.92 Å². The number of fused-ring (bicyclic) bond motifs is 1. The molecule has 2 heterocycles. The van der Waals surface area contributed by atoms with Gasteiger partial charge in [-0.25, -0.2) is 4.98 Å². The second-order valence-corrected chi connectivity index (χ2v) is 3.37. The first-order valence-corrected chi connectivity index (χ1v) is 4.56. The van der Waals surface area contributed by atoms with Crippen molar-refractivity contribution in [2.75, 3.05) is 7.11 Å². The van der Waals surface area contributed by atoms with E-state index in [0.717, 1.165) is 11.2 Å². The summed E-state index contributed by atoms with van der Waals surface area (Å²) in [7, 11) is 1.57. The molecule has 0 spiro atoms. The number of nitrogens with zero attached hydrogens (tertiary/aromatic N) is 2. The van der Waals surface area contributed by atoms with Crippen molar-refractivity contribution in [1.29, 1.82) is 0 Å². The normalized spacial score (nSPS) is 10.5. The Balaban J connectivity index is 2.75. The predicted octanol–water partition coefficient (Wildman–Crippen LogP) is 2.60. The zero-order chi connectivity index (χ0) is 10.1. The van der Waals surface area contributed by atoms with E-state index >= 15 is 0 Å². The molecule has 0 N–H and O–H groups in total. The number of hydrogen-bond donors (Lipinski definition) is 0. The number of rotatable bonds is 1. The molecule has 0 atom stereocenters. The number of pyridine rings is 2. The van der Waals surface area contributed by atoms with Gasteiger partial charge in [0.05, 0.1) is 17.6 Å². The fourth-order valence-electron chi connectivity index (χ4n) is 1.29. The number of aryl methyl sites for hydroxylation is 1. The minimum Gasteiger partial charge on any atom is -0.481 e. The molecular weight excluding hydrogens is 200 g/mol. The van der Waals surface area contributed by atoms with Gasteiger partial charge in [0.25, 0.3) is 0 Å². The van der Waals surface area contributed by atoms with Gasteiger partial charge < -0.3 is 4.74 Å². The van der Waals surface area contributed by atoms with Crippen LogP contribution in [0.5, 0.6) is 5.88 Å². The van der Waals surface area contributed by atoms with Gasteiger partial charge in [-0.05, 0) is 19.1 Å². The van der Waals surface area contributed by atoms with E-state index in [2.05, 4.69) is 9.97 Å². The fourth-order valence-corrected chi connectivity index (χ4v) is 1.58. The SMILES string of the molecule is COc1ccc2nc(C)cc(Cl)c2n1. The average Bonchev–Trinajstić information content (AvgIpc) is 2.17. The number of halogens is 1. The number of ether oxygens (including phenoxy) is 1. The molecule has 4 heteroatoms.